The molecule has 0 atom stereocenters. The number of nitrogens with zero attached hydrogens (tertiary/aromatic N) is 1. The SMILES string of the molecule is CCOc1ccc(-c2nc(C)c(CCO)c(=O)[nH]2)cc1. The van der Waals surface area contributed by atoms with Gasteiger partial charge < -0.3 is 14.8 Å². The van der Waals surface area contributed by atoms with Crippen LogP contribution in [0.4, 0.5) is 0 Å². The number of aliphatic hydroxyl groups is 1. The van der Waals surface area contributed by atoms with Crippen molar-refractivity contribution < 1.29 is 9.84 Å². The van der Waals surface area contributed by atoms with Gasteiger partial charge in [0.05, 0.1) is 6.61 Å². The quantitative estimate of drug-likeness (QED) is 0.869. The van der Waals surface area contributed by atoms with E-state index in [9.17, 15) is 4.79 Å². The van der Waals surface area contributed by atoms with Crippen LogP contribution in [0.25, 0.3) is 11.4 Å². The van der Waals surface area contributed by atoms with E-state index < -0.39 is 0 Å². The lowest BCUT2D eigenvalue weighted by Gasteiger charge is -2.07. The van der Waals surface area contributed by atoms with Gasteiger partial charge in [-0.05, 0) is 38.1 Å². The van der Waals surface area contributed by atoms with Crippen LogP contribution in [-0.4, -0.2) is 28.3 Å². The molecule has 1 aromatic heterocycles. The minimum Gasteiger partial charge on any atom is -0.494 e. The van der Waals surface area contributed by atoms with Gasteiger partial charge in [-0.3, -0.25) is 4.79 Å². The molecule has 0 bridgehead atoms. The molecule has 0 aliphatic rings. The van der Waals surface area contributed by atoms with Gasteiger partial charge in [-0.1, -0.05) is 0 Å². The molecule has 2 rings (SSSR count). The molecule has 5 nitrogen and oxygen atoms in total. The molecule has 1 aromatic carbocycles. The summed E-state index contributed by atoms with van der Waals surface area (Å²) in [6.07, 6.45) is 0.317. The number of aliphatic hydroxyl groups excluding tert-OH is 1. The summed E-state index contributed by atoms with van der Waals surface area (Å²) in [5.41, 5.74) is 1.80. The van der Waals surface area contributed by atoms with Crippen LogP contribution in [0.3, 0.4) is 0 Å². The molecule has 0 aliphatic heterocycles. The number of ether oxygens (including phenoxy) is 1. The number of rotatable bonds is 5. The summed E-state index contributed by atoms with van der Waals surface area (Å²) in [4.78, 5) is 19.1. The lowest BCUT2D eigenvalue weighted by molar-refractivity contribution is 0.298. The first kappa shape index (κ1) is 14.3. The van der Waals surface area contributed by atoms with Crippen LogP contribution in [0, 0.1) is 6.92 Å². The Morgan fingerprint density at radius 2 is 2.00 bits per heavy atom. The number of nitrogens with one attached hydrogen (secondary N) is 1. The number of benzene rings is 1. The van der Waals surface area contributed by atoms with Gasteiger partial charge in [0.25, 0.3) is 5.56 Å². The lowest BCUT2D eigenvalue weighted by Crippen LogP contribution is -2.18. The van der Waals surface area contributed by atoms with Crippen molar-refractivity contribution in [3.05, 3.63) is 45.9 Å². The first-order valence-corrected chi connectivity index (χ1v) is 6.59. The molecule has 5 heteroatoms. The van der Waals surface area contributed by atoms with Crippen LogP contribution in [0.5, 0.6) is 5.75 Å². The van der Waals surface area contributed by atoms with E-state index in [4.69, 9.17) is 9.84 Å². The van der Waals surface area contributed by atoms with Crippen molar-refractivity contribution in [2.24, 2.45) is 0 Å². The second kappa shape index (κ2) is 6.34. The molecule has 106 valence electrons. The van der Waals surface area contributed by atoms with Gasteiger partial charge in [0.2, 0.25) is 0 Å². The third-order valence-electron chi connectivity index (χ3n) is 3.02. The number of aryl methyl sites for hydroxylation is 1. The first-order valence-electron chi connectivity index (χ1n) is 6.59. The Morgan fingerprint density at radius 3 is 2.55 bits per heavy atom. The number of hydrogen-bond donors (Lipinski definition) is 2. The summed E-state index contributed by atoms with van der Waals surface area (Å²) in [7, 11) is 0. The molecule has 1 heterocycles. The Kier molecular flexibility index (Phi) is 4.53. The third kappa shape index (κ3) is 3.05. The molecule has 0 fully saturated rings. The molecule has 0 amide bonds. The molecule has 2 aromatic rings. The summed E-state index contributed by atoms with van der Waals surface area (Å²) in [6, 6.07) is 7.40. The first-order chi connectivity index (χ1) is 9.65. The van der Waals surface area contributed by atoms with Gasteiger partial charge in [0, 0.05) is 29.8 Å². The minimum absolute atomic E-state index is 0.0615. The maximum absolute atomic E-state index is 12.0. The summed E-state index contributed by atoms with van der Waals surface area (Å²) in [6.45, 7) is 4.26. The number of H-pyrrole nitrogens is 1. The Bertz CT molecular complexity index is 633. The summed E-state index contributed by atoms with van der Waals surface area (Å²) in [5, 5.41) is 8.94. The van der Waals surface area contributed by atoms with Gasteiger partial charge in [-0.25, -0.2) is 4.98 Å². The van der Waals surface area contributed by atoms with Gasteiger partial charge >= 0.3 is 0 Å². The zero-order valence-electron chi connectivity index (χ0n) is 11.6. The monoisotopic (exact) mass is 274 g/mol. The Morgan fingerprint density at radius 1 is 1.30 bits per heavy atom. The van der Waals surface area contributed by atoms with Crippen molar-refractivity contribution in [3.8, 4) is 17.1 Å². The molecule has 2 N–H and O–H groups in total. The van der Waals surface area contributed by atoms with E-state index in [0.29, 0.717) is 30.1 Å². The van der Waals surface area contributed by atoms with Crippen molar-refractivity contribution in [3.63, 3.8) is 0 Å². The highest BCUT2D eigenvalue weighted by atomic mass is 16.5. The van der Waals surface area contributed by atoms with Crippen LogP contribution in [0.2, 0.25) is 0 Å². The second-order valence-electron chi connectivity index (χ2n) is 4.41. The maximum atomic E-state index is 12.0. The van der Waals surface area contributed by atoms with Gasteiger partial charge in [0.1, 0.15) is 11.6 Å². The summed E-state index contributed by atoms with van der Waals surface area (Å²) in [5.74, 6) is 1.31. The molecular formula is C15H18N2O3. The van der Waals surface area contributed by atoms with Crippen molar-refractivity contribution in [1.82, 2.24) is 9.97 Å². The standard InChI is InChI=1S/C15H18N2O3/c1-3-20-12-6-4-11(5-7-12)14-16-10(2)13(8-9-18)15(19)17-14/h4-7,18H,3,8-9H2,1-2H3,(H,16,17,19). The maximum Gasteiger partial charge on any atom is 0.254 e. The molecule has 20 heavy (non-hydrogen) atoms. The van der Waals surface area contributed by atoms with Gasteiger partial charge in [-0.2, -0.15) is 0 Å². The van der Waals surface area contributed by atoms with Crippen LogP contribution < -0.4 is 10.3 Å². The fourth-order valence-corrected chi connectivity index (χ4v) is 2.03. The largest absolute Gasteiger partial charge is 0.494 e. The highest BCUT2D eigenvalue weighted by molar-refractivity contribution is 5.56. The van der Waals surface area contributed by atoms with Crippen molar-refractivity contribution in [2.75, 3.05) is 13.2 Å². The van der Waals surface area contributed by atoms with Crippen LogP contribution in [-0.2, 0) is 6.42 Å². The van der Waals surface area contributed by atoms with Crippen molar-refractivity contribution in [1.29, 1.82) is 0 Å². The molecule has 0 unspecified atom stereocenters. The number of hydrogen-bond acceptors (Lipinski definition) is 4. The summed E-state index contributed by atoms with van der Waals surface area (Å²) < 4.78 is 5.38. The highest BCUT2D eigenvalue weighted by Crippen LogP contribution is 2.19. The molecule has 0 saturated carbocycles. The van der Waals surface area contributed by atoms with Crippen molar-refractivity contribution in [2.45, 2.75) is 20.3 Å². The predicted octanol–water partition coefficient (Wildman–Crippen LogP) is 1.68. The second-order valence-corrected chi connectivity index (χ2v) is 4.41. The van der Waals surface area contributed by atoms with Crippen LogP contribution in [0.1, 0.15) is 18.2 Å². The molecule has 0 saturated heterocycles. The Balaban J connectivity index is 2.35. The fraction of sp³-hybridized carbons (Fsp3) is 0.333. The predicted molar refractivity (Wildman–Crippen MR) is 77.0 cm³/mol. The van der Waals surface area contributed by atoms with Crippen LogP contribution in [0.15, 0.2) is 29.1 Å². The van der Waals surface area contributed by atoms with Gasteiger partial charge in [-0.15, -0.1) is 0 Å². The number of aromatic amines is 1. The van der Waals surface area contributed by atoms with E-state index in [1.54, 1.807) is 6.92 Å². The van der Waals surface area contributed by atoms with E-state index in [-0.39, 0.29) is 12.2 Å². The normalized spacial score (nSPS) is 10.6. The fourth-order valence-electron chi connectivity index (χ4n) is 2.03. The van der Waals surface area contributed by atoms with E-state index in [1.165, 1.54) is 0 Å². The van der Waals surface area contributed by atoms with Crippen molar-refractivity contribution >= 4 is 0 Å². The Hall–Kier alpha value is -2.14. The zero-order valence-corrected chi connectivity index (χ0v) is 11.6. The van der Waals surface area contributed by atoms with E-state index in [1.807, 2.05) is 31.2 Å². The smallest absolute Gasteiger partial charge is 0.254 e. The highest BCUT2D eigenvalue weighted by Gasteiger charge is 2.09. The summed E-state index contributed by atoms with van der Waals surface area (Å²) >= 11 is 0. The van der Waals surface area contributed by atoms with E-state index in [2.05, 4.69) is 9.97 Å². The molecule has 0 aliphatic carbocycles. The van der Waals surface area contributed by atoms with E-state index >= 15 is 0 Å². The van der Waals surface area contributed by atoms with Crippen LogP contribution >= 0.6 is 0 Å². The zero-order chi connectivity index (χ0) is 14.5. The van der Waals surface area contributed by atoms with E-state index in [0.717, 1.165) is 11.3 Å². The third-order valence-corrected chi connectivity index (χ3v) is 3.02. The topological polar surface area (TPSA) is 75.2 Å². The average Bonchev–Trinajstić information content (AvgIpc) is 2.44. The lowest BCUT2D eigenvalue weighted by atomic mass is 10.1. The van der Waals surface area contributed by atoms with Gasteiger partial charge in [0.15, 0.2) is 0 Å². The molecule has 0 spiro atoms. The Labute approximate surface area is 117 Å². The molecular weight excluding hydrogens is 256 g/mol. The minimum atomic E-state index is -0.199. The number of aromatic nitrogens is 2. The average molecular weight is 274 g/mol. The molecule has 0 radical (unpaired) electrons.